The van der Waals surface area contributed by atoms with E-state index in [-0.39, 0.29) is 29.0 Å². The molecule has 1 heterocycles. The van der Waals surface area contributed by atoms with Crippen molar-refractivity contribution in [2.45, 2.75) is 31.9 Å². The van der Waals surface area contributed by atoms with Gasteiger partial charge in [0.1, 0.15) is 0 Å². The van der Waals surface area contributed by atoms with Crippen LogP contribution >= 0.6 is 0 Å². The van der Waals surface area contributed by atoms with E-state index in [4.69, 9.17) is 9.16 Å². The summed E-state index contributed by atoms with van der Waals surface area (Å²) >= 11 is 0. The van der Waals surface area contributed by atoms with Crippen LogP contribution in [0.1, 0.15) is 20.8 Å². The molecule has 3 aromatic rings. The van der Waals surface area contributed by atoms with Gasteiger partial charge in [0.15, 0.2) is 11.9 Å². The van der Waals surface area contributed by atoms with Gasteiger partial charge in [-0.3, -0.25) is 14.9 Å². The van der Waals surface area contributed by atoms with Crippen LogP contribution in [0, 0.1) is 10.1 Å². The van der Waals surface area contributed by atoms with Crippen LogP contribution in [0.4, 0.5) is 11.4 Å². The molecule has 1 atom stereocenters. The summed E-state index contributed by atoms with van der Waals surface area (Å²) in [5, 5.41) is 15.9. The Balaban J connectivity index is 1.70. The third kappa shape index (κ3) is 4.27. The first-order valence-corrected chi connectivity index (χ1v) is 12.6. The van der Waals surface area contributed by atoms with E-state index in [0.29, 0.717) is 5.69 Å². The van der Waals surface area contributed by atoms with Gasteiger partial charge >= 0.3 is 0 Å². The van der Waals surface area contributed by atoms with E-state index in [1.807, 2.05) is 36.4 Å². The summed E-state index contributed by atoms with van der Waals surface area (Å²) in [6.07, 6.45) is -0.929. The standard InChI is InChI=1S/C25H26N2O5Si/c1-25(2,3)33(19-10-6-4-7-11-19,20-12-8-5-9-13-20)31-17-23-24(28)26-21-15-14-18(27(29)30)16-22(21)32-23/h4-16,23H,17H2,1-3H3,(H,26,28). The van der Waals surface area contributed by atoms with Gasteiger partial charge < -0.3 is 14.5 Å². The third-order valence-corrected chi connectivity index (χ3v) is 10.9. The predicted molar refractivity (Wildman–Crippen MR) is 130 cm³/mol. The van der Waals surface area contributed by atoms with Gasteiger partial charge in [0, 0.05) is 6.07 Å². The van der Waals surface area contributed by atoms with Gasteiger partial charge in [-0.2, -0.15) is 0 Å². The number of nitrogens with zero attached hydrogens (tertiary/aromatic N) is 1. The van der Waals surface area contributed by atoms with Crippen LogP contribution in [0.25, 0.3) is 0 Å². The second-order valence-corrected chi connectivity index (χ2v) is 13.3. The van der Waals surface area contributed by atoms with Gasteiger partial charge in [-0.25, -0.2) is 0 Å². The SMILES string of the molecule is CC(C)(C)[Si](OCC1Oc2cc([N+](=O)[O-])ccc2NC1=O)(c1ccccc1)c1ccccc1. The fourth-order valence-corrected chi connectivity index (χ4v) is 8.87. The summed E-state index contributed by atoms with van der Waals surface area (Å²) < 4.78 is 12.7. The lowest BCUT2D eigenvalue weighted by atomic mass is 10.2. The highest BCUT2D eigenvalue weighted by molar-refractivity contribution is 6.99. The molecule has 1 unspecified atom stereocenters. The monoisotopic (exact) mass is 462 g/mol. The zero-order valence-electron chi connectivity index (χ0n) is 18.8. The second kappa shape index (κ2) is 8.80. The fraction of sp³-hybridized carbons (Fsp3) is 0.240. The molecular weight excluding hydrogens is 436 g/mol. The zero-order chi connectivity index (χ0) is 23.6. The molecule has 0 bridgehead atoms. The van der Waals surface area contributed by atoms with E-state index in [1.165, 1.54) is 18.2 Å². The Morgan fingerprint density at radius 3 is 2.09 bits per heavy atom. The smallest absolute Gasteiger partial charge is 0.273 e. The van der Waals surface area contributed by atoms with Crippen molar-refractivity contribution < 1.29 is 18.9 Å². The number of hydrogen-bond acceptors (Lipinski definition) is 5. The van der Waals surface area contributed by atoms with Crippen LogP contribution in [0.3, 0.4) is 0 Å². The molecule has 170 valence electrons. The molecule has 1 aliphatic heterocycles. The molecule has 0 fully saturated rings. The molecule has 0 saturated heterocycles. The molecule has 7 nitrogen and oxygen atoms in total. The van der Waals surface area contributed by atoms with E-state index < -0.39 is 19.3 Å². The first kappa shape index (κ1) is 22.7. The number of carbonyl (C=O) groups excluding carboxylic acids is 1. The molecule has 0 aliphatic carbocycles. The number of ether oxygens (including phenoxy) is 1. The summed E-state index contributed by atoms with van der Waals surface area (Å²) in [6.45, 7) is 6.47. The van der Waals surface area contributed by atoms with Crippen molar-refractivity contribution in [3.05, 3.63) is 89.0 Å². The minimum atomic E-state index is -2.85. The lowest BCUT2D eigenvalue weighted by Crippen LogP contribution is -2.67. The number of benzene rings is 3. The highest BCUT2D eigenvalue weighted by atomic mass is 28.4. The van der Waals surface area contributed by atoms with Gasteiger partial charge in [-0.1, -0.05) is 81.4 Å². The Hall–Kier alpha value is -3.49. The lowest BCUT2D eigenvalue weighted by Gasteiger charge is -2.43. The van der Waals surface area contributed by atoms with Crippen LogP contribution in [-0.4, -0.2) is 31.9 Å². The maximum absolute atomic E-state index is 12.8. The Bertz CT molecular complexity index is 1120. The summed E-state index contributed by atoms with van der Waals surface area (Å²) in [7, 11) is -2.85. The van der Waals surface area contributed by atoms with Crippen molar-refractivity contribution in [1.82, 2.24) is 0 Å². The van der Waals surface area contributed by atoms with Crippen LogP contribution in [0.15, 0.2) is 78.9 Å². The fourth-order valence-electron chi connectivity index (χ4n) is 4.32. The van der Waals surface area contributed by atoms with E-state index in [9.17, 15) is 14.9 Å². The van der Waals surface area contributed by atoms with Crippen molar-refractivity contribution >= 4 is 36.0 Å². The van der Waals surface area contributed by atoms with Gasteiger partial charge in [-0.05, 0) is 21.5 Å². The topological polar surface area (TPSA) is 90.7 Å². The van der Waals surface area contributed by atoms with Crippen LogP contribution in [0.2, 0.25) is 5.04 Å². The van der Waals surface area contributed by atoms with E-state index >= 15 is 0 Å². The molecule has 3 aromatic carbocycles. The third-order valence-electron chi connectivity index (χ3n) is 5.86. The minimum Gasteiger partial charge on any atom is -0.476 e. The quantitative estimate of drug-likeness (QED) is 0.341. The van der Waals surface area contributed by atoms with E-state index in [1.54, 1.807) is 0 Å². The van der Waals surface area contributed by atoms with Gasteiger partial charge in [0.25, 0.3) is 19.9 Å². The van der Waals surface area contributed by atoms with Crippen LogP contribution in [0.5, 0.6) is 5.75 Å². The van der Waals surface area contributed by atoms with Gasteiger partial charge in [0.05, 0.1) is 23.3 Å². The number of anilines is 1. The number of nitro groups is 1. The number of carbonyl (C=O) groups is 1. The van der Waals surface area contributed by atoms with Crippen molar-refractivity contribution in [3.63, 3.8) is 0 Å². The molecule has 0 spiro atoms. The number of nitro benzene ring substituents is 1. The molecule has 0 saturated carbocycles. The summed E-state index contributed by atoms with van der Waals surface area (Å²) in [5.74, 6) is -0.0749. The number of hydrogen-bond donors (Lipinski definition) is 1. The average Bonchev–Trinajstić information content (AvgIpc) is 2.80. The highest BCUT2D eigenvalue weighted by Gasteiger charge is 2.51. The maximum atomic E-state index is 12.8. The molecule has 1 amide bonds. The number of nitrogens with one attached hydrogen (secondary N) is 1. The maximum Gasteiger partial charge on any atom is 0.273 e. The largest absolute Gasteiger partial charge is 0.476 e. The first-order valence-electron chi connectivity index (χ1n) is 10.7. The normalized spacial score (nSPS) is 15.8. The Kier molecular flexibility index (Phi) is 6.05. The van der Waals surface area contributed by atoms with Crippen molar-refractivity contribution in [2.24, 2.45) is 0 Å². The van der Waals surface area contributed by atoms with E-state index in [0.717, 1.165) is 10.4 Å². The summed E-state index contributed by atoms with van der Waals surface area (Å²) in [5.41, 5.74) is 0.309. The number of rotatable bonds is 6. The Morgan fingerprint density at radius 2 is 1.58 bits per heavy atom. The minimum absolute atomic E-state index is 0.0151. The zero-order valence-corrected chi connectivity index (χ0v) is 19.8. The number of fused-ring (bicyclic) bond motifs is 1. The second-order valence-electron chi connectivity index (χ2n) is 9.01. The average molecular weight is 463 g/mol. The predicted octanol–water partition coefficient (Wildman–Crippen LogP) is 3.87. The number of amides is 1. The van der Waals surface area contributed by atoms with Crippen LogP contribution in [-0.2, 0) is 9.22 Å². The molecule has 1 N–H and O–H groups in total. The molecule has 0 aromatic heterocycles. The van der Waals surface area contributed by atoms with Gasteiger partial charge in [-0.15, -0.1) is 0 Å². The molecule has 0 radical (unpaired) electrons. The summed E-state index contributed by atoms with van der Waals surface area (Å²) in [4.78, 5) is 23.4. The molecule has 1 aliphatic rings. The first-order chi connectivity index (χ1) is 15.7. The summed E-state index contributed by atoms with van der Waals surface area (Å²) in [6, 6.07) is 24.4. The van der Waals surface area contributed by atoms with Crippen molar-refractivity contribution in [1.29, 1.82) is 0 Å². The molecule has 33 heavy (non-hydrogen) atoms. The molecule has 4 rings (SSSR count). The Morgan fingerprint density at radius 1 is 1.00 bits per heavy atom. The Labute approximate surface area is 193 Å². The lowest BCUT2D eigenvalue weighted by molar-refractivity contribution is -0.384. The van der Waals surface area contributed by atoms with Gasteiger partial charge in [0.2, 0.25) is 0 Å². The molecular formula is C25H26N2O5Si. The highest BCUT2D eigenvalue weighted by Crippen LogP contribution is 2.38. The van der Waals surface area contributed by atoms with Crippen molar-refractivity contribution in [2.75, 3.05) is 11.9 Å². The van der Waals surface area contributed by atoms with Crippen molar-refractivity contribution in [3.8, 4) is 5.75 Å². The number of non-ortho nitro benzene ring substituents is 1. The molecule has 8 heteroatoms. The van der Waals surface area contributed by atoms with Crippen LogP contribution < -0.4 is 20.4 Å². The van der Waals surface area contributed by atoms with E-state index in [2.05, 4.69) is 50.4 Å².